The highest BCUT2D eigenvalue weighted by atomic mass is 32.1. The van der Waals surface area contributed by atoms with E-state index in [4.69, 9.17) is 0 Å². The van der Waals surface area contributed by atoms with E-state index in [0.717, 1.165) is 0 Å². The molecule has 1 heteroatoms. The first kappa shape index (κ1) is 30.6. The van der Waals surface area contributed by atoms with Crippen molar-refractivity contribution in [2.45, 2.75) is 0 Å². The van der Waals surface area contributed by atoms with Crippen molar-refractivity contribution in [3.63, 3.8) is 0 Å². The lowest BCUT2D eigenvalue weighted by molar-refractivity contribution is 1.65. The normalized spacial score (nSPS) is 12.0. The number of thiophene rings is 1. The van der Waals surface area contributed by atoms with E-state index in [1.54, 1.807) is 0 Å². The van der Waals surface area contributed by atoms with Gasteiger partial charge in [0.25, 0.3) is 0 Å². The number of rotatable bonds is 3. The third-order valence-electron chi connectivity index (χ3n) is 11.8. The molecule has 0 saturated heterocycles. The fraction of sp³-hybridized carbons (Fsp3) is 0. The largest absolute Gasteiger partial charge is 0.135 e. The van der Waals surface area contributed by atoms with E-state index in [-0.39, 0.29) is 0 Å². The van der Waals surface area contributed by atoms with Crippen molar-refractivity contribution in [1.29, 1.82) is 0 Å². The first-order valence-corrected chi connectivity index (χ1v) is 19.8. The molecular formula is C54H32S. The summed E-state index contributed by atoms with van der Waals surface area (Å²) in [4.78, 5) is 0. The maximum atomic E-state index is 2.49. The molecule has 0 amide bonds. The summed E-state index contributed by atoms with van der Waals surface area (Å²) < 4.78 is 2.68. The summed E-state index contributed by atoms with van der Waals surface area (Å²) in [5.41, 5.74) is 7.61. The van der Waals surface area contributed by atoms with Crippen LogP contribution in [0, 0.1) is 0 Å². The molecule has 0 N–H and O–H groups in total. The van der Waals surface area contributed by atoms with Gasteiger partial charge in [-0.1, -0.05) is 182 Å². The Labute approximate surface area is 322 Å². The van der Waals surface area contributed by atoms with Gasteiger partial charge < -0.3 is 0 Å². The molecular weight excluding hydrogens is 681 g/mol. The Morgan fingerprint density at radius 2 is 0.691 bits per heavy atom. The number of hydrogen-bond acceptors (Lipinski definition) is 1. The van der Waals surface area contributed by atoms with Crippen LogP contribution < -0.4 is 0 Å². The van der Waals surface area contributed by atoms with Crippen LogP contribution in [0.2, 0.25) is 0 Å². The molecule has 0 spiro atoms. The van der Waals surface area contributed by atoms with E-state index in [2.05, 4.69) is 194 Å². The fourth-order valence-corrected chi connectivity index (χ4v) is 10.7. The zero-order chi connectivity index (χ0) is 36.0. The van der Waals surface area contributed by atoms with Crippen LogP contribution in [-0.2, 0) is 0 Å². The number of benzene rings is 11. The van der Waals surface area contributed by atoms with Crippen molar-refractivity contribution in [3.8, 4) is 33.4 Å². The molecule has 1 aromatic heterocycles. The lowest BCUT2D eigenvalue weighted by Gasteiger charge is -2.21. The van der Waals surface area contributed by atoms with E-state index in [9.17, 15) is 0 Å². The Balaban J connectivity index is 1.13. The molecule has 0 aliphatic heterocycles. The van der Waals surface area contributed by atoms with Crippen LogP contribution in [0.5, 0.6) is 0 Å². The van der Waals surface area contributed by atoms with Crippen molar-refractivity contribution in [3.05, 3.63) is 194 Å². The molecule has 0 aliphatic carbocycles. The minimum atomic E-state index is 1.23. The van der Waals surface area contributed by atoms with Gasteiger partial charge in [-0.25, -0.2) is 0 Å². The van der Waals surface area contributed by atoms with Crippen molar-refractivity contribution >= 4 is 96.1 Å². The predicted molar refractivity (Wildman–Crippen MR) is 241 cm³/mol. The monoisotopic (exact) mass is 712 g/mol. The second kappa shape index (κ2) is 11.9. The van der Waals surface area contributed by atoms with Crippen LogP contribution in [0.3, 0.4) is 0 Å². The minimum Gasteiger partial charge on any atom is -0.135 e. The molecule has 254 valence electrons. The molecule has 0 bridgehead atoms. The Bertz CT molecular complexity index is 3470. The Morgan fingerprint density at radius 3 is 1.33 bits per heavy atom. The summed E-state index contributed by atoms with van der Waals surface area (Å²) >= 11 is 1.89. The van der Waals surface area contributed by atoms with Gasteiger partial charge in [0.2, 0.25) is 0 Å². The minimum absolute atomic E-state index is 1.23. The van der Waals surface area contributed by atoms with E-state index >= 15 is 0 Å². The van der Waals surface area contributed by atoms with E-state index in [1.807, 2.05) is 11.3 Å². The predicted octanol–water partition coefficient (Wildman–Crippen LogP) is 16.0. The highest BCUT2D eigenvalue weighted by Gasteiger charge is 2.21. The molecule has 12 aromatic rings. The van der Waals surface area contributed by atoms with Crippen LogP contribution in [0.1, 0.15) is 0 Å². The van der Waals surface area contributed by atoms with Crippen LogP contribution in [0.25, 0.3) is 118 Å². The molecule has 0 atom stereocenters. The van der Waals surface area contributed by atoms with Gasteiger partial charge in [-0.15, -0.1) is 11.3 Å². The summed E-state index contributed by atoms with van der Waals surface area (Å²) in [5, 5.41) is 18.1. The van der Waals surface area contributed by atoms with E-state index in [1.165, 1.54) is 118 Å². The van der Waals surface area contributed by atoms with E-state index < -0.39 is 0 Å². The highest BCUT2D eigenvalue weighted by Crippen LogP contribution is 2.49. The van der Waals surface area contributed by atoms with Gasteiger partial charge in [0.1, 0.15) is 0 Å². The van der Waals surface area contributed by atoms with Crippen LogP contribution in [-0.4, -0.2) is 0 Å². The van der Waals surface area contributed by atoms with Crippen molar-refractivity contribution < 1.29 is 0 Å². The topological polar surface area (TPSA) is 0 Å². The first-order chi connectivity index (χ1) is 27.3. The molecule has 12 rings (SSSR count). The van der Waals surface area contributed by atoms with Crippen molar-refractivity contribution in [2.75, 3.05) is 0 Å². The van der Waals surface area contributed by atoms with Gasteiger partial charge in [-0.2, -0.15) is 0 Å². The zero-order valence-corrected chi connectivity index (χ0v) is 30.7. The second-order valence-corrected chi connectivity index (χ2v) is 15.7. The maximum absolute atomic E-state index is 2.49. The first-order valence-electron chi connectivity index (χ1n) is 19.0. The lowest BCUT2D eigenvalue weighted by atomic mass is 9.82. The van der Waals surface area contributed by atoms with Gasteiger partial charge in [0.05, 0.1) is 0 Å². The summed E-state index contributed by atoms with van der Waals surface area (Å²) in [6.45, 7) is 0. The second-order valence-electron chi connectivity index (χ2n) is 14.7. The summed E-state index contributed by atoms with van der Waals surface area (Å²) in [6.07, 6.45) is 0. The summed E-state index contributed by atoms with van der Waals surface area (Å²) in [5.74, 6) is 0. The van der Waals surface area contributed by atoms with Crippen LogP contribution in [0.15, 0.2) is 194 Å². The van der Waals surface area contributed by atoms with Crippen molar-refractivity contribution in [1.82, 2.24) is 0 Å². The Kier molecular flexibility index (Phi) is 6.60. The fourth-order valence-electron chi connectivity index (χ4n) is 9.49. The SMILES string of the molecule is c1ccc2c(c1)sc1c(-c3ccc(-c4c5ccccc5c(-c5cc6c7ccccc7c7ccccc7c6c6ccccc56)c5ccccc45)cc3)cccc12. The summed E-state index contributed by atoms with van der Waals surface area (Å²) in [7, 11) is 0. The maximum Gasteiger partial charge on any atom is 0.0433 e. The smallest absolute Gasteiger partial charge is 0.0433 e. The van der Waals surface area contributed by atoms with Gasteiger partial charge in [0.15, 0.2) is 0 Å². The van der Waals surface area contributed by atoms with Gasteiger partial charge >= 0.3 is 0 Å². The quantitative estimate of drug-likeness (QED) is 0.126. The summed E-state index contributed by atoms with van der Waals surface area (Å²) in [6, 6.07) is 72.2. The molecule has 0 unspecified atom stereocenters. The van der Waals surface area contributed by atoms with Gasteiger partial charge in [0, 0.05) is 20.2 Å². The lowest BCUT2D eigenvalue weighted by Crippen LogP contribution is -1.93. The highest BCUT2D eigenvalue weighted by molar-refractivity contribution is 7.26. The molecule has 0 radical (unpaired) electrons. The Hall–Kier alpha value is -6.80. The molecule has 0 nitrogen and oxygen atoms in total. The zero-order valence-electron chi connectivity index (χ0n) is 29.9. The molecule has 11 aromatic carbocycles. The van der Waals surface area contributed by atoms with Crippen LogP contribution >= 0.6 is 11.3 Å². The molecule has 0 saturated carbocycles. The molecule has 1 heterocycles. The number of hydrogen-bond donors (Lipinski definition) is 0. The number of fused-ring (bicyclic) bond motifs is 13. The third kappa shape index (κ3) is 4.45. The van der Waals surface area contributed by atoms with Gasteiger partial charge in [-0.05, 0) is 110 Å². The molecule has 0 aliphatic rings. The van der Waals surface area contributed by atoms with Crippen molar-refractivity contribution in [2.24, 2.45) is 0 Å². The molecule has 0 fully saturated rings. The standard InChI is InChI=1S/C54H32S/c1-2-16-38-36(14-1)37-15-3-5-19-41(37)52-42-20-6-4-17-39(42)49(32-48(38)52)53-45-23-9-7-21-43(45)51(44-22-8-10-24-46(44)53)34-30-28-33(29-31-34)35-25-13-26-47-40-18-11-12-27-50(40)55-54(35)47/h1-32H. The van der Waals surface area contributed by atoms with Gasteiger partial charge in [-0.3, -0.25) is 0 Å². The third-order valence-corrected chi connectivity index (χ3v) is 13.1. The average molecular weight is 713 g/mol. The Morgan fingerprint density at radius 1 is 0.255 bits per heavy atom. The van der Waals surface area contributed by atoms with Crippen LogP contribution in [0.4, 0.5) is 0 Å². The average Bonchev–Trinajstić information content (AvgIpc) is 3.64. The molecule has 55 heavy (non-hydrogen) atoms. The van der Waals surface area contributed by atoms with E-state index in [0.29, 0.717) is 0 Å².